The Bertz CT molecular complexity index is 1150. The lowest BCUT2D eigenvalue weighted by molar-refractivity contribution is -0.116. The molecule has 2 heterocycles. The van der Waals surface area contributed by atoms with Crippen molar-refractivity contribution in [1.82, 2.24) is 25.1 Å². The molecule has 2 aromatic heterocycles. The van der Waals surface area contributed by atoms with Crippen molar-refractivity contribution in [3.63, 3.8) is 0 Å². The number of carbonyl (C=O) groups excluding carboxylic acids is 2. The molecule has 8 heteroatoms. The zero-order chi connectivity index (χ0) is 21.1. The summed E-state index contributed by atoms with van der Waals surface area (Å²) in [5.41, 5.74) is 9.03. The zero-order valence-corrected chi connectivity index (χ0v) is 16.6. The highest BCUT2D eigenvalue weighted by Crippen LogP contribution is 2.35. The fourth-order valence-electron chi connectivity index (χ4n) is 3.97. The Labute approximate surface area is 173 Å². The summed E-state index contributed by atoms with van der Waals surface area (Å²) in [7, 11) is 0. The average Bonchev–Trinajstić information content (AvgIpc) is 3.15. The Morgan fingerprint density at radius 1 is 1.20 bits per heavy atom. The van der Waals surface area contributed by atoms with E-state index >= 15 is 0 Å². The van der Waals surface area contributed by atoms with E-state index in [1.807, 2.05) is 16.8 Å². The molecule has 152 valence electrons. The van der Waals surface area contributed by atoms with Gasteiger partial charge in [-0.15, -0.1) is 0 Å². The fourth-order valence-corrected chi connectivity index (χ4v) is 3.97. The van der Waals surface area contributed by atoms with E-state index in [9.17, 15) is 9.59 Å². The van der Waals surface area contributed by atoms with Crippen LogP contribution in [-0.4, -0.2) is 38.0 Å². The summed E-state index contributed by atoms with van der Waals surface area (Å²) >= 11 is 0. The van der Waals surface area contributed by atoms with Crippen molar-refractivity contribution in [1.29, 1.82) is 0 Å². The molecule has 1 aliphatic rings. The van der Waals surface area contributed by atoms with Gasteiger partial charge in [0.25, 0.3) is 5.91 Å². The van der Waals surface area contributed by atoms with Crippen LogP contribution in [0, 0.1) is 11.8 Å². The molecule has 3 N–H and O–H groups in total. The molecule has 1 saturated carbocycles. The smallest absolute Gasteiger partial charge is 0.296 e. The van der Waals surface area contributed by atoms with Crippen LogP contribution in [-0.2, 0) is 4.79 Å². The van der Waals surface area contributed by atoms with Gasteiger partial charge in [0, 0.05) is 17.2 Å². The maximum atomic E-state index is 11.7. The normalized spacial score (nSPS) is 18.4. The first-order valence-corrected chi connectivity index (χ1v) is 9.88. The maximum Gasteiger partial charge on any atom is 0.296 e. The van der Waals surface area contributed by atoms with E-state index in [1.165, 1.54) is 6.33 Å². The molecule has 0 aliphatic heterocycles. The molecule has 0 unspecified atom stereocenters. The van der Waals surface area contributed by atoms with Crippen LogP contribution in [0.3, 0.4) is 0 Å². The minimum atomic E-state index is -0.230. The Hall–Kier alpha value is -3.73. The van der Waals surface area contributed by atoms with Gasteiger partial charge in [-0.05, 0) is 38.5 Å². The number of carbonyl (C=O) groups is 2. The minimum absolute atomic E-state index is 0.117. The van der Waals surface area contributed by atoms with Gasteiger partial charge in [-0.1, -0.05) is 30.2 Å². The molecule has 0 spiro atoms. The summed E-state index contributed by atoms with van der Waals surface area (Å²) < 4.78 is 1.93. The number of hydrogen-bond donors (Lipinski definition) is 2. The fraction of sp³-hybridized carbons (Fsp3) is 0.318. The molecule has 8 nitrogen and oxygen atoms in total. The highest BCUT2D eigenvalue weighted by atomic mass is 16.1. The van der Waals surface area contributed by atoms with Crippen LogP contribution in [0.4, 0.5) is 5.82 Å². The lowest BCUT2D eigenvalue weighted by Gasteiger charge is -2.28. The summed E-state index contributed by atoms with van der Waals surface area (Å²) in [4.78, 5) is 31.3. The van der Waals surface area contributed by atoms with Crippen molar-refractivity contribution in [3.05, 3.63) is 36.2 Å². The Balaban J connectivity index is 1.64. The average molecular weight is 402 g/mol. The molecule has 1 fully saturated rings. The lowest BCUT2D eigenvalue weighted by atomic mass is 9.91. The van der Waals surface area contributed by atoms with Crippen molar-refractivity contribution in [2.24, 2.45) is 0 Å². The van der Waals surface area contributed by atoms with E-state index in [-0.39, 0.29) is 18.0 Å². The van der Waals surface area contributed by atoms with Crippen LogP contribution >= 0.6 is 0 Å². The number of fused-ring (bicyclic) bond motifs is 1. The number of rotatable bonds is 4. The van der Waals surface area contributed by atoms with Gasteiger partial charge in [0.1, 0.15) is 24.1 Å². The second kappa shape index (κ2) is 8.33. The van der Waals surface area contributed by atoms with Crippen molar-refractivity contribution >= 4 is 29.0 Å². The first-order chi connectivity index (χ1) is 14.6. The number of nitrogen functional groups attached to an aromatic ring is 1. The van der Waals surface area contributed by atoms with Gasteiger partial charge >= 0.3 is 0 Å². The second-order valence-corrected chi connectivity index (χ2v) is 7.34. The number of hydrogen-bond acceptors (Lipinski definition) is 6. The number of aromatic nitrogens is 4. The molecule has 3 aromatic rings. The number of anilines is 1. The molecular formula is C22H22N6O2. The van der Waals surface area contributed by atoms with E-state index in [0.717, 1.165) is 37.5 Å². The summed E-state index contributed by atoms with van der Waals surface area (Å²) in [5, 5.41) is 8.53. The third kappa shape index (κ3) is 3.74. The SMILES string of the molecule is CC#CC(=O)NC1CCC(n2nc(-c3ccc(C=O)cc3)c3c(N)ncnc32)CC1. The summed E-state index contributed by atoms with van der Waals surface area (Å²) in [6.45, 7) is 1.65. The molecule has 1 aromatic carbocycles. The molecule has 4 rings (SSSR count). The summed E-state index contributed by atoms with van der Waals surface area (Å²) in [5.74, 6) is 5.29. The molecule has 1 aliphatic carbocycles. The van der Waals surface area contributed by atoms with Gasteiger partial charge in [0.05, 0.1) is 11.4 Å². The van der Waals surface area contributed by atoms with Gasteiger partial charge in [0.15, 0.2) is 5.65 Å². The molecule has 0 bridgehead atoms. The first kappa shape index (κ1) is 19.6. The predicted molar refractivity (Wildman–Crippen MR) is 113 cm³/mol. The van der Waals surface area contributed by atoms with Crippen molar-refractivity contribution in [3.8, 4) is 23.1 Å². The maximum absolute atomic E-state index is 11.7. The molecule has 0 radical (unpaired) electrons. The van der Waals surface area contributed by atoms with Gasteiger partial charge in [-0.2, -0.15) is 5.10 Å². The van der Waals surface area contributed by atoms with Crippen molar-refractivity contribution < 1.29 is 9.59 Å². The van der Waals surface area contributed by atoms with Crippen LogP contribution < -0.4 is 11.1 Å². The minimum Gasteiger partial charge on any atom is -0.383 e. The number of nitrogens with two attached hydrogens (primary N) is 1. The molecule has 30 heavy (non-hydrogen) atoms. The van der Waals surface area contributed by atoms with Gasteiger partial charge in [-0.3, -0.25) is 9.59 Å². The zero-order valence-electron chi connectivity index (χ0n) is 16.6. The van der Waals surface area contributed by atoms with Crippen LogP contribution in [0.25, 0.3) is 22.3 Å². The van der Waals surface area contributed by atoms with Crippen LogP contribution in [0.15, 0.2) is 30.6 Å². The highest BCUT2D eigenvalue weighted by Gasteiger charge is 2.27. The standard InChI is InChI=1S/C22H22N6O2/c1-2-3-18(30)26-16-8-10-17(11-9-16)28-22-19(21(23)24-13-25-22)20(27-28)15-6-4-14(12-29)5-7-15/h4-7,12-13,16-17H,8-11H2,1H3,(H,26,30)(H2,23,24,25). The van der Waals surface area contributed by atoms with E-state index in [0.29, 0.717) is 28.1 Å². The number of amides is 1. The van der Waals surface area contributed by atoms with E-state index < -0.39 is 0 Å². The Morgan fingerprint density at radius 3 is 2.60 bits per heavy atom. The molecule has 0 atom stereocenters. The number of nitrogens with zero attached hydrogens (tertiary/aromatic N) is 4. The van der Waals surface area contributed by atoms with Crippen molar-refractivity contribution in [2.45, 2.75) is 44.7 Å². The quantitative estimate of drug-likeness (QED) is 0.512. The topological polar surface area (TPSA) is 116 Å². The monoisotopic (exact) mass is 402 g/mol. The van der Waals surface area contributed by atoms with Gasteiger partial charge in [0.2, 0.25) is 0 Å². The summed E-state index contributed by atoms with van der Waals surface area (Å²) in [6.07, 6.45) is 5.65. The van der Waals surface area contributed by atoms with E-state index in [4.69, 9.17) is 10.8 Å². The predicted octanol–water partition coefficient (Wildman–Crippen LogP) is 2.51. The second-order valence-electron chi connectivity index (χ2n) is 7.34. The van der Waals surface area contributed by atoms with Crippen molar-refractivity contribution in [2.75, 3.05) is 5.73 Å². The van der Waals surface area contributed by atoms with Gasteiger partial charge < -0.3 is 11.1 Å². The summed E-state index contributed by atoms with van der Waals surface area (Å²) in [6, 6.07) is 7.47. The highest BCUT2D eigenvalue weighted by molar-refractivity contribution is 5.98. The Kier molecular flexibility index (Phi) is 5.44. The number of benzene rings is 1. The van der Waals surface area contributed by atoms with E-state index in [1.54, 1.807) is 19.1 Å². The third-order valence-corrected chi connectivity index (χ3v) is 5.45. The third-order valence-electron chi connectivity index (χ3n) is 5.45. The number of aldehydes is 1. The number of nitrogens with one attached hydrogen (secondary N) is 1. The largest absolute Gasteiger partial charge is 0.383 e. The van der Waals surface area contributed by atoms with Crippen LogP contribution in [0.2, 0.25) is 0 Å². The lowest BCUT2D eigenvalue weighted by Crippen LogP contribution is -2.37. The Morgan fingerprint density at radius 2 is 1.93 bits per heavy atom. The van der Waals surface area contributed by atoms with Crippen LogP contribution in [0.5, 0.6) is 0 Å². The first-order valence-electron chi connectivity index (χ1n) is 9.88. The van der Waals surface area contributed by atoms with Gasteiger partial charge in [-0.25, -0.2) is 14.6 Å². The van der Waals surface area contributed by atoms with Crippen LogP contribution in [0.1, 0.15) is 49.0 Å². The molecular weight excluding hydrogens is 380 g/mol. The molecule has 1 amide bonds. The van der Waals surface area contributed by atoms with E-state index in [2.05, 4.69) is 27.1 Å². The molecule has 0 saturated heterocycles.